The van der Waals surface area contributed by atoms with E-state index in [1.807, 2.05) is 6.07 Å². The number of ether oxygens (including phenoxy) is 1. The Morgan fingerprint density at radius 1 is 1.64 bits per heavy atom. The topological polar surface area (TPSA) is 59.0 Å². The van der Waals surface area contributed by atoms with Crippen molar-refractivity contribution in [2.75, 3.05) is 13.7 Å². The van der Waals surface area contributed by atoms with Crippen LogP contribution < -0.4 is 5.73 Å². The van der Waals surface area contributed by atoms with E-state index < -0.39 is 11.9 Å². The number of methoxy groups -OCH3 is 1. The summed E-state index contributed by atoms with van der Waals surface area (Å²) in [6, 6.07) is 5.49. The van der Waals surface area contributed by atoms with E-state index in [0.717, 1.165) is 0 Å². The number of nitriles is 1. The highest BCUT2D eigenvalue weighted by atomic mass is 19.1. The summed E-state index contributed by atoms with van der Waals surface area (Å²) in [5, 5.41) is 8.62. The zero-order chi connectivity index (χ0) is 10.6. The lowest BCUT2D eigenvalue weighted by Crippen LogP contribution is -2.17. The van der Waals surface area contributed by atoms with Crippen LogP contribution in [0.25, 0.3) is 0 Å². The molecule has 0 bridgehead atoms. The van der Waals surface area contributed by atoms with Gasteiger partial charge in [-0.2, -0.15) is 5.26 Å². The monoisotopic (exact) mass is 194 g/mol. The Balaban J connectivity index is 3.01. The predicted molar refractivity (Wildman–Crippen MR) is 49.9 cm³/mol. The van der Waals surface area contributed by atoms with Gasteiger partial charge in [-0.3, -0.25) is 0 Å². The first-order valence-electron chi connectivity index (χ1n) is 4.13. The molecule has 3 nitrogen and oxygen atoms in total. The van der Waals surface area contributed by atoms with E-state index in [-0.39, 0.29) is 6.61 Å². The SMILES string of the molecule is COC[C@@H](N)c1cc(C#N)ccc1F. The molecule has 0 fully saturated rings. The summed E-state index contributed by atoms with van der Waals surface area (Å²) in [4.78, 5) is 0. The van der Waals surface area contributed by atoms with Gasteiger partial charge in [0.05, 0.1) is 24.3 Å². The summed E-state index contributed by atoms with van der Waals surface area (Å²) in [6.07, 6.45) is 0. The maximum Gasteiger partial charge on any atom is 0.128 e. The average Bonchev–Trinajstić information content (AvgIpc) is 2.19. The Labute approximate surface area is 81.9 Å². The second-order valence-corrected chi connectivity index (χ2v) is 2.91. The van der Waals surface area contributed by atoms with E-state index in [1.165, 1.54) is 25.3 Å². The van der Waals surface area contributed by atoms with E-state index >= 15 is 0 Å². The number of halogens is 1. The molecule has 0 radical (unpaired) electrons. The number of hydrogen-bond acceptors (Lipinski definition) is 3. The molecule has 0 aliphatic rings. The van der Waals surface area contributed by atoms with Crippen molar-refractivity contribution in [1.29, 1.82) is 5.26 Å². The molecular weight excluding hydrogens is 183 g/mol. The first kappa shape index (κ1) is 10.6. The molecule has 0 saturated carbocycles. The van der Waals surface area contributed by atoms with Crippen molar-refractivity contribution in [3.05, 3.63) is 35.1 Å². The normalized spacial score (nSPS) is 12.1. The molecule has 1 atom stereocenters. The van der Waals surface area contributed by atoms with Gasteiger partial charge in [0, 0.05) is 12.7 Å². The number of rotatable bonds is 3. The fourth-order valence-electron chi connectivity index (χ4n) is 1.17. The number of nitrogens with two attached hydrogens (primary N) is 1. The highest BCUT2D eigenvalue weighted by Crippen LogP contribution is 2.16. The van der Waals surface area contributed by atoms with Gasteiger partial charge in [-0.25, -0.2) is 4.39 Å². The van der Waals surface area contributed by atoms with Crippen molar-refractivity contribution >= 4 is 0 Å². The third-order valence-electron chi connectivity index (χ3n) is 1.87. The maximum absolute atomic E-state index is 13.2. The summed E-state index contributed by atoms with van der Waals surface area (Å²) in [5.41, 5.74) is 6.36. The van der Waals surface area contributed by atoms with Crippen LogP contribution in [0.4, 0.5) is 4.39 Å². The lowest BCUT2D eigenvalue weighted by atomic mass is 10.0. The largest absolute Gasteiger partial charge is 0.383 e. The maximum atomic E-state index is 13.2. The van der Waals surface area contributed by atoms with Gasteiger partial charge in [-0.05, 0) is 18.2 Å². The van der Waals surface area contributed by atoms with Gasteiger partial charge in [0.15, 0.2) is 0 Å². The predicted octanol–water partition coefficient (Wildman–Crippen LogP) is 1.34. The van der Waals surface area contributed by atoms with Crippen molar-refractivity contribution in [3.63, 3.8) is 0 Å². The third-order valence-corrected chi connectivity index (χ3v) is 1.87. The molecule has 0 saturated heterocycles. The van der Waals surface area contributed by atoms with Gasteiger partial charge in [-0.1, -0.05) is 0 Å². The minimum atomic E-state index is -0.534. The van der Waals surface area contributed by atoms with Crippen molar-refractivity contribution in [2.24, 2.45) is 5.73 Å². The molecule has 0 aliphatic heterocycles. The molecular formula is C10H11FN2O. The molecule has 1 aromatic carbocycles. The van der Waals surface area contributed by atoms with Crippen molar-refractivity contribution in [3.8, 4) is 6.07 Å². The highest BCUT2D eigenvalue weighted by Gasteiger charge is 2.11. The van der Waals surface area contributed by atoms with Crippen LogP contribution in [0.3, 0.4) is 0 Å². The van der Waals surface area contributed by atoms with Crippen LogP contribution in [0.5, 0.6) is 0 Å². The zero-order valence-corrected chi connectivity index (χ0v) is 7.83. The Kier molecular flexibility index (Phi) is 3.57. The Morgan fingerprint density at radius 3 is 2.93 bits per heavy atom. The quantitative estimate of drug-likeness (QED) is 0.789. The van der Waals surface area contributed by atoms with Crippen LogP contribution in [0.1, 0.15) is 17.2 Å². The number of nitrogens with zero attached hydrogens (tertiary/aromatic N) is 1. The Hall–Kier alpha value is -1.44. The van der Waals surface area contributed by atoms with E-state index in [1.54, 1.807) is 0 Å². The van der Waals surface area contributed by atoms with Gasteiger partial charge < -0.3 is 10.5 Å². The summed E-state index contributed by atoms with van der Waals surface area (Å²) >= 11 is 0. The van der Waals surface area contributed by atoms with Gasteiger partial charge in [0.1, 0.15) is 5.82 Å². The summed E-state index contributed by atoms with van der Waals surface area (Å²) in [5.74, 6) is -0.409. The van der Waals surface area contributed by atoms with Gasteiger partial charge in [-0.15, -0.1) is 0 Å². The number of benzene rings is 1. The first-order chi connectivity index (χ1) is 6.69. The molecule has 74 valence electrons. The van der Waals surface area contributed by atoms with Gasteiger partial charge in [0.2, 0.25) is 0 Å². The number of hydrogen-bond donors (Lipinski definition) is 1. The average molecular weight is 194 g/mol. The second-order valence-electron chi connectivity index (χ2n) is 2.91. The van der Waals surface area contributed by atoms with Crippen LogP contribution in [0.15, 0.2) is 18.2 Å². The van der Waals surface area contributed by atoms with Crippen LogP contribution in [0.2, 0.25) is 0 Å². The fourth-order valence-corrected chi connectivity index (χ4v) is 1.17. The molecule has 1 rings (SSSR count). The zero-order valence-electron chi connectivity index (χ0n) is 7.83. The molecule has 0 spiro atoms. The standard InChI is InChI=1S/C10H11FN2O/c1-14-6-10(13)8-4-7(5-12)2-3-9(8)11/h2-4,10H,6,13H2,1H3/t10-/m1/s1. The van der Waals surface area contributed by atoms with Crippen LogP contribution >= 0.6 is 0 Å². The highest BCUT2D eigenvalue weighted by molar-refractivity contribution is 5.35. The lowest BCUT2D eigenvalue weighted by molar-refractivity contribution is 0.179. The summed E-state index contributed by atoms with van der Waals surface area (Å²) in [7, 11) is 1.49. The molecule has 0 heterocycles. The third kappa shape index (κ3) is 2.28. The lowest BCUT2D eigenvalue weighted by Gasteiger charge is -2.11. The van der Waals surface area contributed by atoms with Crippen molar-refractivity contribution in [2.45, 2.75) is 6.04 Å². The van der Waals surface area contributed by atoms with Crippen LogP contribution in [-0.4, -0.2) is 13.7 Å². The minimum absolute atomic E-state index is 0.228. The van der Waals surface area contributed by atoms with E-state index in [9.17, 15) is 4.39 Å². The molecule has 4 heteroatoms. The summed E-state index contributed by atoms with van der Waals surface area (Å²) < 4.78 is 18.0. The molecule has 0 amide bonds. The fraction of sp³-hybridized carbons (Fsp3) is 0.300. The molecule has 1 aromatic rings. The van der Waals surface area contributed by atoms with Crippen LogP contribution in [-0.2, 0) is 4.74 Å². The minimum Gasteiger partial charge on any atom is -0.383 e. The van der Waals surface area contributed by atoms with Crippen LogP contribution in [0, 0.1) is 17.1 Å². The second kappa shape index (κ2) is 4.70. The van der Waals surface area contributed by atoms with Gasteiger partial charge >= 0.3 is 0 Å². The van der Waals surface area contributed by atoms with E-state index in [2.05, 4.69) is 0 Å². The molecule has 0 unspecified atom stereocenters. The molecule has 0 aromatic heterocycles. The Bertz CT molecular complexity index is 360. The van der Waals surface area contributed by atoms with E-state index in [4.69, 9.17) is 15.7 Å². The van der Waals surface area contributed by atoms with Gasteiger partial charge in [0.25, 0.3) is 0 Å². The molecule has 14 heavy (non-hydrogen) atoms. The van der Waals surface area contributed by atoms with E-state index in [0.29, 0.717) is 11.1 Å². The summed E-state index contributed by atoms with van der Waals surface area (Å²) in [6.45, 7) is 0.228. The molecule has 0 aliphatic carbocycles. The van der Waals surface area contributed by atoms with Crippen molar-refractivity contribution < 1.29 is 9.13 Å². The van der Waals surface area contributed by atoms with Crippen molar-refractivity contribution in [1.82, 2.24) is 0 Å². The molecule has 2 N–H and O–H groups in total. The Morgan fingerprint density at radius 2 is 2.36 bits per heavy atom. The first-order valence-corrected chi connectivity index (χ1v) is 4.13. The smallest absolute Gasteiger partial charge is 0.128 e.